The van der Waals surface area contributed by atoms with Gasteiger partial charge in [0.1, 0.15) is 0 Å². The molecule has 0 radical (unpaired) electrons. The summed E-state index contributed by atoms with van der Waals surface area (Å²) in [6.45, 7) is 3.80. The summed E-state index contributed by atoms with van der Waals surface area (Å²) in [5, 5.41) is 21.8. The van der Waals surface area contributed by atoms with E-state index in [1.807, 2.05) is 6.92 Å². The maximum atomic E-state index is 11.2. The van der Waals surface area contributed by atoms with Crippen molar-refractivity contribution >= 4 is 12.0 Å². The van der Waals surface area contributed by atoms with Crippen molar-refractivity contribution < 1.29 is 24.5 Å². The van der Waals surface area contributed by atoms with Crippen molar-refractivity contribution in [3.63, 3.8) is 0 Å². The maximum Gasteiger partial charge on any atom is 0.328 e. The second-order valence-corrected chi connectivity index (χ2v) is 3.25. The Balaban J connectivity index is 3.92. The van der Waals surface area contributed by atoms with Gasteiger partial charge in [0, 0.05) is 6.61 Å². The molecule has 0 aliphatic heterocycles. The van der Waals surface area contributed by atoms with Crippen molar-refractivity contribution in [2.45, 2.75) is 25.9 Å². The molecule has 0 spiro atoms. The van der Waals surface area contributed by atoms with Crippen LogP contribution in [0.2, 0.25) is 0 Å². The minimum Gasteiger partial charge on any atom is -0.480 e. The van der Waals surface area contributed by atoms with Gasteiger partial charge in [0.15, 0.2) is 6.04 Å². The van der Waals surface area contributed by atoms with Gasteiger partial charge in [-0.1, -0.05) is 0 Å². The van der Waals surface area contributed by atoms with Crippen molar-refractivity contribution in [2.75, 3.05) is 19.8 Å². The van der Waals surface area contributed by atoms with E-state index >= 15 is 0 Å². The first-order valence-corrected chi connectivity index (χ1v) is 4.99. The van der Waals surface area contributed by atoms with Gasteiger partial charge in [-0.3, -0.25) is 0 Å². The SMILES string of the molecule is CCOCC(C)NC(=O)N[C@@H](CO)C(=O)O. The first-order chi connectivity index (χ1) is 7.51. The number of aliphatic hydroxyl groups is 1. The van der Waals surface area contributed by atoms with Crippen LogP contribution in [0, 0.1) is 0 Å². The van der Waals surface area contributed by atoms with Gasteiger partial charge in [-0.2, -0.15) is 0 Å². The van der Waals surface area contributed by atoms with Crippen LogP contribution >= 0.6 is 0 Å². The maximum absolute atomic E-state index is 11.2. The van der Waals surface area contributed by atoms with Crippen LogP contribution in [0.5, 0.6) is 0 Å². The summed E-state index contributed by atoms with van der Waals surface area (Å²) in [7, 11) is 0. The number of aliphatic hydroxyl groups excluding tert-OH is 1. The van der Waals surface area contributed by atoms with Crippen molar-refractivity contribution in [1.29, 1.82) is 0 Å². The van der Waals surface area contributed by atoms with E-state index in [0.717, 1.165) is 0 Å². The minimum atomic E-state index is -1.29. The number of urea groups is 1. The number of carboxylic acids is 1. The zero-order chi connectivity index (χ0) is 12.6. The smallest absolute Gasteiger partial charge is 0.328 e. The Morgan fingerprint density at radius 2 is 2.00 bits per heavy atom. The summed E-state index contributed by atoms with van der Waals surface area (Å²) in [4.78, 5) is 21.7. The van der Waals surface area contributed by atoms with Gasteiger partial charge < -0.3 is 25.6 Å². The monoisotopic (exact) mass is 234 g/mol. The Kier molecular flexibility index (Phi) is 7.23. The summed E-state index contributed by atoms with van der Waals surface area (Å²) in [6.07, 6.45) is 0. The largest absolute Gasteiger partial charge is 0.480 e. The summed E-state index contributed by atoms with van der Waals surface area (Å²) >= 11 is 0. The molecule has 1 unspecified atom stereocenters. The van der Waals surface area contributed by atoms with E-state index < -0.39 is 24.6 Å². The zero-order valence-corrected chi connectivity index (χ0v) is 9.40. The molecule has 0 bridgehead atoms. The number of aliphatic carboxylic acids is 1. The van der Waals surface area contributed by atoms with E-state index in [1.54, 1.807) is 6.92 Å². The van der Waals surface area contributed by atoms with Gasteiger partial charge in [-0.15, -0.1) is 0 Å². The fraction of sp³-hybridized carbons (Fsp3) is 0.778. The highest BCUT2D eigenvalue weighted by molar-refractivity contribution is 5.82. The molecule has 4 N–H and O–H groups in total. The molecular formula is C9H18N2O5. The highest BCUT2D eigenvalue weighted by Crippen LogP contribution is 1.86. The van der Waals surface area contributed by atoms with E-state index in [0.29, 0.717) is 13.2 Å². The van der Waals surface area contributed by atoms with Crippen LogP contribution in [0.15, 0.2) is 0 Å². The molecular weight excluding hydrogens is 216 g/mol. The fourth-order valence-electron chi connectivity index (χ4n) is 0.945. The number of carbonyl (C=O) groups is 2. The molecule has 7 nitrogen and oxygen atoms in total. The second-order valence-electron chi connectivity index (χ2n) is 3.25. The number of nitrogens with one attached hydrogen (secondary N) is 2. The molecule has 0 saturated carbocycles. The quantitative estimate of drug-likeness (QED) is 0.459. The molecule has 0 aliphatic rings. The van der Waals surface area contributed by atoms with Gasteiger partial charge in [-0.05, 0) is 13.8 Å². The van der Waals surface area contributed by atoms with Gasteiger partial charge >= 0.3 is 12.0 Å². The molecule has 0 aromatic heterocycles. The Hall–Kier alpha value is -1.34. The first kappa shape index (κ1) is 14.7. The van der Waals surface area contributed by atoms with Crippen LogP contribution in [0.25, 0.3) is 0 Å². The summed E-state index contributed by atoms with van der Waals surface area (Å²) in [6, 6.07) is -2.17. The molecule has 0 rings (SSSR count). The Morgan fingerprint density at radius 3 is 2.44 bits per heavy atom. The first-order valence-electron chi connectivity index (χ1n) is 4.99. The van der Waals surface area contributed by atoms with Crippen LogP contribution in [0.3, 0.4) is 0 Å². The molecule has 0 aromatic carbocycles. The molecule has 0 heterocycles. The summed E-state index contributed by atoms with van der Waals surface area (Å²) in [5.41, 5.74) is 0. The number of carboxylic acid groups (broad SMARTS) is 1. The third-order valence-corrected chi connectivity index (χ3v) is 1.74. The second kappa shape index (κ2) is 7.89. The zero-order valence-electron chi connectivity index (χ0n) is 9.40. The van der Waals surface area contributed by atoms with Gasteiger partial charge in [-0.25, -0.2) is 9.59 Å². The lowest BCUT2D eigenvalue weighted by Crippen LogP contribution is -2.50. The number of hydrogen-bond acceptors (Lipinski definition) is 4. The lowest BCUT2D eigenvalue weighted by Gasteiger charge is -2.16. The predicted octanol–water partition coefficient (Wildman–Crippen LogP) is -0.844. The van der Waals surface area contributed by atoms with Crippen LogP contribution < -0.4 is 10.6 Å². The molecule has 94 valence electrons. The standard InChI is InChI=1S/C9H18N2O5/c1-3-16-5-6(2)10-9(15)11-7(4-12)8(13)14/h6-7,12H,3-5H2,1-2H3,(H,13,14)(H2,10,11,15)/t6?,7-/m0/s1. The van der Waals surface area contributed by atoms with Crippen molar-refractivity contribution in [2.24, 2.45) is 0 Å². The van der Waals surface area contributed by atoms with E-state index in [1.165, 1.54) is 0 Å². The Morgan fingerprint density at radius 1 is 1.38 bits per heavy atom. The van der Waals surface area contributed by atoms with E-state index in [-0.39, 0.29) is 6.04 Å². The normalized spacial score (nSPS) is 13.9. The van der Waals surface area contributed by atoms with E-state index in [2.05, 4.69) is 10.6 Å². The number of rotatable bonds is 7. The number of carbonyl (C=O) groups excluding carboxylic acids is 1. The van der Waals surface area contributed by atoms with Crippen LogP contribution in [-0.4, -0.2) is 54.1 Å². The lowest BCUT2D eigenvalue weighted by molar-refractivity contribution is -0.140. The third-order valence-electron chi connectivity index (χ3n) is 1.74. The molecule has 2 amide bonds. The van der Waals surface area contributed by atoms with E-state index in [9.17, 15) is 9.59 Å². The summed E-state index contributed by atoms with van der Waals surface area (Å²) < 4.78 is 5.07. The topological polar surface area (TPSA) is 108 Å². The molecule has 0 saturated heterocycles. The molecule has 2 atom stereocenters. The lowest BCUT2D eigenvalue weighted by atomic mass is 10.3. The predicted molar refractivity (Wildman–Crippen MR) is 56.1 cm³/mol. The van der Waals surface area contributed by atoms with Crippen molar-refractivity contribution in [3.8, 4) is 0 Å². The third kappa shape index (κ3) is 6.20. The Bertz CT molecular complexity index is 234. The molecule has 16 heavy (non-hydrogen) atoms. The van der Waals surface area contributed by atoms with E-state index in [4.69, 9.17) is 14.9 Å². The molecule has 0 aliphatic carbocycles. The van der Waals surface area contributed by atoms with Crippen LogP contribution in [0.4, 0.5) is 4.79 Å². The van der Waals surface area contributed by atoms with Crippen LogP contribution in [0.1, 0.15) is 13.8 Å². The molecule has 0 fully saturated rings. The fourth-order valence-corrected chi connectivity index (χ4v) is 0.945. The van der Waals surface area contributed by atoms with Gasteiger partial charge in [0.25, 0.3) is 0 Å². The average molecular weight is 234 g/mol. The van der Waals surface area contributed by atoms with Gasteiger partial charge in [0.05, 0.1) is 19.3 Å². The average Bonchev–Trinajstić information content (AvgIpc) is 2.22. The number of hydrogen-bond donors (Lipinski definition) is 4. The molecule has 0 aromatic rings. The van der Waals surface area contributed by atoms with Crippen molar-refractivity contribution in [1.82, 2.24) is 10.6 Å². The highest BCUT2D eigenvalue weighted by atomic mass is 16.5. The van der Waals surface area contributed by atoms with Gasteiger partial charge in [0.2, 0.25) is 0 Å². The summed E-state index contributed by atoms with van der Waals surface area (Å²) in [5.74, 6) is -1.28. The highest BCUT2D eigenvalue weighted by Gasteiger charge is 2.19. The minimum absolute atomic E-state index is 0.229. The number of ether oxygens (including phenoxy) is 1. The van der Waals surface area contributed by atoms with Crippen LogP contribution in [-0.2, 0) is 9.53 Å². The van der Waals surface area contributed by atoms with Crippen molar-refractivity contribution in [3.05, 3.63) is 0 Å². The molecule has 7 heteroatoms. The Labute approximate surface area is 93.8 Å². The number of amides is 2.